The molecule has 0 aliphatic heterocycles. The van der Waals surface area contributed by atoms with E-state index in [2.05, 4.69) is 52.8 Å². The lowest BCUT2D eigenvalue weighted by molar-refractivity contribution is -0.159. The van der Waals surface area contributed by atoms with Gasteiger partial charge in [-0.05, 0) is 23.1 Å². The predicted octanol–water partition coefficient (Wildman–Crippen LogP) is 5.05. The number of fused-ring (bicyclic) bond motifs is 1. The van der Waals surface area contributed by atoms with Crippen molar-refractivity contribution in [3.63, 3.8) is 0 Å². The average Bonchev–Trinajstić information content (AvgIpc) is 3.36. The molecule has 0 saturated carbocycles. The third-order valence-electron chi connectivity index (χ3n) is 5.68. The van der Waals surface area contributed by atoms with Crippen LogP contribution in [0.5, 0.6) is 0 Å². The Morgan fingerprint density at radius 2 is 1.95 bits per heavy atom. The number of nitriles is 1. The molecule has 0 radical (unpaired) electrons. The first kappa shape index (κ1) is 26.8. The van der Waals surface area contributed by atoms with E-state index in [0.717, 1.165) is 6.20 Å². The normalized spacial score (nSPS) is 12.7. The molecule has 2 heterocycles. The first-order valence-electron chi connectivity index (χ1n) is 11.6. The highest BCUT2D eigenvalue weighted by atomic mass is 35.5. The van der Waals surface area contributed by atoms with Crippen molar-refractivity contribution in [2.45, 2.75) is 32.9 Å². The average molecular weight is 539 g/mol. The van der Waals surface area contributed by atoms with Crippen LogP contribution in [0.4, 0.5) is 20.2 Å². The highest BCUT2D eigenvalue weighted by molar-refractivity contribution is 6.32. The largest absolute Gasteiger partial charge is 0.423 e. The van der Waals surface area contributed by atoms with Crippen molar-refractivity contribution >= 4 is 39.8 Å². The lowest BCUT2D eigenvalue weighted by Gasteiger charge is -2.23. The van der Waals surface area contributed by atoms with Gasteiger partial charge in [-0.2, -0.15) is 18.7 Å². The lowest BCUT2D eigenvalue weighted by Crippen LogP contribution is -2.39. The molecule has 4 rings (SSSR count). The number of benzene rings is 2. The number of carbonyl (C=O) groups is 1. The Kier molecular flexibility index (Phi) is 7.20. The van der Waals surface area contributed by atoms with E-state index in [1.165, 1.54) is 6.20 Å². The number of hydrogen-bond donors (Lipinski definition) is 3. The Balaban J connectivity index is 1.84. The molecular formula is C26H25ClF2N8O. The van der Waals surface area contributed by atoms with Crippen molar-refractivity contribution < 1.29 is 13.6 Å². The zero-order chi connectivity index (χ0) is 27.7. The van der Waals surface area contributed by atoms with Crippen molar-refractivity contribution in [1.29, 1.82) is 5.26 Å². The second-order valence-electron chi connectivity index (χ2n) is 9.90. The minimum Gasteiger partial charge on any atom is -0.383 e. The van der Waals surface area contributed by atoms with Gasteiger partial charge in [0.25, 0.3) is 0 Å². The molecule has 2 aromatic carbocycles. The summed E-state index contributed by atoms with van der Waals surface area (Å²) in [5.74, 6) is -1.85. The van der Waals surface area contributed by atoms with Crippen LogP contribution in [0.3, 0.4) is 0 Å². The zero-order valence-corrected chi connectivity index (χ0v) is 21.6. The molecular weight excluding hydrogens is 514 g/mol. The van der Waals surface area contributed by atoms with E-state index in [9.17, 15) is 18.8 Å². The van der Waals surface area contributed by atoms with Crippen LogP contribution < -0.4 is 16.4 Å². The summed E-state index contributed by atoms with van der Waals surface area (Å²) in [5.41, 5.74) is 7.46. The van der Waals surface area contributed by atoms with Crippen LogP contribution in [0.2, 0.25) is 5.02 Å². The molecule has 4 aromatic rings. The monoisotopic (exact) mass is 538 g/mol. The maximum atomic E-state index is 14.2. The quantitative estimate of drug-likeness (QED) is 0.286. The molecule has 0 unspecified atom stereocenters. The minimum atomic E-state index is -4.06. The van der Waals surface area contributed by atoms with Crippen LogP contribution in [0.25, 0.3) is 10.9 Å². The van der Waals surface area contributed by atoms with Crippen LogP contribution in [-0.2, 0) is 10.8 Å². The maximum Gasteiger partial charge on any atom is 0.423 e. The van der Waals surface area contributed by atoms with Gasteiger partial charge in [-0.1, -0.05) is 67.9 Å². The van der Waals surface area contributed by atoms with Crippen LogP contribution in [0.1, 0.15) is 43.6 Å². The van der Waals surface area contributed by atoms with E-state index in [0.29, 0.717) is 45.0 Å². The maximum absolute atomic E-state index is 14.2. The molecule has 1 atom stereocenters. The van der Waals surface area contributed by atoms with Gasteiger partial charge in [0, 0.05) is 23.2 Å². The smallest absolute Gasteiger partial charge is 0.383 e. The fraction of sp³-hybridized carbons (Fsp3) is 0.269. The van der Waals surface area contributed by atoms with Gasteiger partial charge in [-0.3, -0.25) is 9.78 Å². The molecule has 0 bridgehead atoms. The van der Waals surface area contributed by atoms with Crippen molar-refractivity contribution in [1.82, 2.24) is 20.0 Å². The number of pyridine rings is 1. The Morgan fingerprint density at radius 1 is 1.24 bits per heavy atom. The summed E-state index contributed by atoms with van der Waals surface area (Å²) in [6.45, 7) is 6.78. The number of halogens is 3. The highest BCUT2D eigenvalue weighted by Crippen LogP contribution is 2.37. The van der Waals surface area contributed by atoms with Gasteiger partial charge in [0.2, 0.25) is 0 Å². The molecule has 12 heteroatoms. The second kappa shape index (κ2) is 10.2. The Morgan fingerprint density at radius 3 is 2.58 bits per heavy atom. The van der Waals surface area contributed by atoms with E-state index in [-0.39, 0.29) is 15.8 Å². The van der Waals surface area contributed by atoms with Gasteiger partial charge in [0.1, 0.15) is 11.8 Å². The van der Waals surface area contributed by atoms with Crippen molar-refractivity contribution in [2.24, 2.45) is 11.1 Å². The number of nitrogens with one attached hydrogen (secondary N) is 2. The summed E-state index contributed by atoms with van der Waals surface area (Å²) in [6, 6.07) is 9.64. The number of anilines is 2. The minimum absolute atomic E-state index is 0.0703. The number of rotatable bonds is 8. The molecule has 0 saturated heterocycles. The van der Waals surface area contributed by atoms with Crippen LogP contribution >= 0.6 is 11.6 Å². The van der Waals surface area contributed by atoms with Gasteiger partial charge >= 0.3 is 12.0 Å². The van der Waals surface area contributed by atoms with E-state index >= 15 is 0 Å². The van der Waals surface area contributed by atoms with E-state index in [1.807, 2.05) is 6.07 Å². The number of aromatic nitrogens is 4. The van der Waals surface area contributed by atoms with E-state index in [4.69, 9.17) is 17.3 Å². The summed E-state index contributed by atoms with van der Waals surface area (Å²) in [5, 5.41) is 24.7. The molecule has 0 fully saturated rings. The lowest BCUT2D eigenvalue weighted by atomic mass is 9.96. The van der Waals surface area contributed by atoms with Crippen LogP contribution in [-0.4, -0.2) is 32.4 Å². The molecule has 0 spiro atoms. The van der Waals surface area contributed by atoms with Gasteiger partial charge in [-0.15, -0.1) is 5.10 Å². The third-order valence-corrected chi connectivity index (χ3v) is 5.89. The summed E-state index contributed by atoms with van der Waals surface area (Å²) < 4.78 is 28.6. The Bertz CT molecular complexity index is 1530. The molecule has 9 nitrogen and oxygen atoms in total. The molecule has 38 heavy (non-hydrogen) atoms. The van der Waals surface area contributed by atoms with Crippen LogP contribution in [0.15, 0.2) is 54.9 Å². The number of amides is 1. The molecule has 196 valence electrons. The number of alkyl halides is 2. The summed E-state index contributed by atoms with van der Waals surface area (Å²) in [4.78, 5) is 15.8. The van der Waals surface area contributed by atoms with Crippen LogP contribution in [0, 0.1) is 16.7 Å². The van der Waals surface area contributed by atoms with Gasteiger partial charge in [0.05, 0.1) is 34.7 Å². The SMILES string of the molecule is CC(C)(C)CNc1c(C#N)cnc2c(N[C@@H](c3ccccc3)c3cn(C(F)(F)C(N)=O)nn3)cc(Cl)cc12. The Hall–Kier alpha value is -4.30. The second-order valence-corrected chi connectivity index (χ2v) is 10.3. The van der Waals surface area contributed by atoms with Gasteiger partial charge in [0.15, 0.2) is 0 Å². The number of carbonyl (C=O) groups excluding carboxylic acids is 1. The predicted molar refractivity (Wildman–Crippen MR) is 141 cm³/mol. The zero-order valence-electron chi connectivity index (χ0n) is 20.8. The number of nitrogens with zero attached hydrogens (tertiary/aromatic N) is 5. The standard InChI is InChI=1S/C26H25ClF2N8O/c1-25(2,3)14-33-21-16(11-30)12-32-23-18(21)9-17(27)10-19(23)34-22(15-7-5-4-6-8-15)20-13-37(36-35-20)26(28,29)24(31)38/h4-10,12-13,22,34H,14H2,1-3H3,(H2,31,38)(H,32,33)/t22-/m0/s1. The van der Waals surface area contributed by atoms with Gasteiger partial charge in [-0.25, -0.2) is 0 Å². The fourth-order valence-corrected chi connectivity index (χ4v) is 4.01. The molecule has 0 aliphatic rings. The number of nitrogens with two attached hydrogens (primary N) is 1. The highest BCUT2D eigenvalue weighted by Gasteiger charge is 2.41. The first-order valence-corrected chi connectivity index (χ1v) is 12.0. The molecule has 4 N–H and O–H groups in total. The Labute approximate surface area is 222 Å². The first-order chi connectivity index (χ1) is 17.9. The summed E-state index contributed by atoms with van der Waals surface area (Å²) >= 11 is 6.49. The summed E-state index contributed by atoms with van der Waals surface area (Å²) in [6.07, 6.45) is 2.42. The van der Waals surface area contributed by atoms with Gasteiger partial charge < -0.3 is 16.4 Å². The summed E-state index contributed by atoms with van der Waals surface area (Å²) in [7, 11) is 0. The molecule has 2 aromatic heterocycles. The van der Waals surface area contributed by atoms with Crippen molar-refractivity contribution in [2.75, 3.05) is 17.2 Å². The third kappa shape index (κ3) is 5.50. The number of primary amides is 1. The number of hydrogen-bond acceptors (Lipinski definition) is 7. The van der Waals surface area contributed by atoms with E-state index < -0.39 is 18.0 Å². The molecule has 1 amide bonds. The van der Waals surface area contributed by atoms with Crippen molar-refractivity contribution in [3.8, 4) is 6.07 Å². The topological polar surface area (TPSA) is 135 Å². The molecule has 0 aliphatic carbocycles. The fourth-order valence-electron chi connectivity index (χ4n) is 3.79. The van der Waals surface area contributed by atoms with Crippen molar-refractivity contribution in [3.05, 3.63) is 76.7 Å². The van der Waals surface area contributed by atoms with E-state index in [1.54, 1.807) is 36.4 Å².